The predicted octanol–water partition coefficient (Wildman–Crippen LogP) is 4.26. The summed E-state index contributed by atoms with van der Waals surface area (Å²) in [5.74, 6) is 0.473. The Kier molecular flexibility index (Phi) is 2.88. The fraction of sp³-hybridized carbons (Fsp3) is 0.0714. The molecule has 1 aromatic heterocycles. The highest BCUT2D eigenvalue weighted by Gasteiger charge is 2.07. The van der Waals surface area contributed by atoms with E-state index in [1.165, 1.54) is 6.07 Å². The number of hydrogen-bond acceptors (Lipinski definition) is 1. The van der Waals surface area contributed by atoms with Crippen molar-refractivity contribution in [2.24, 2.45) is 0 Å². The lowest BCUT2D eigenvalue weighted by Crippen LogP contribution is -1.88. The van der Waals surface area contributed by atoms with E-state index in [1.54, 1.807) is 6.07 Å². The number of alkyl halides is 1. The zero-order valence-electron chi connectivity index (χ0n) is 9.45. The summed E-state index contributed by atoms with van der Waals surface area (Å²) in [7, 11) is 0. The van der Waals surface area contributed by atoms with Gasteiger partial charge < -0.3 is 4.98 Å². The molecule has 0 spiro atoms. The van der Waals surface area contributed by atoms with Gasteiger partial charge in [0.05, 0.1) is 11.0 Å². The number of halogens is 2. The van der Waals surface area contributed by atoms with Gasteiger partial charge in [0.2, 0.25) is 0 Å². The third-order valence-electron chi connectivity index (χ3n) is 2.86. The van der Waals surface area contributed by atoms with Crippen molar-refractivity contribution in [3.63, 3.8) is 0 Å². The molecule has 1 heterocycles. The number of hydrogen-bond donors (Lipinski definition) is 1. The first-order chi connectivity index (χ1) is 8.78. The Hall–Kier alpha value is -1.68. The van der Waals surface area contributed by atoms with Crippen molar-refractivity contribution in [3.05, 3.63) is 53.8 Å². The van der Waals surface area contributed by atoms with E-state index >= 15 is 0 Å². The van der Waals surface area contributed by atoms with Crippen LogP contribution in [0.2, 0.25) is 0 Å². The first kappa shape index (κ1) is 11.4. The number of para-hydroxylation sites is 2. The van der Waals surface area contributed by atoms with Crippen molar-refractivity contribution in [3.8, 4) is 11.4 Å². The predicted molar refractivity (Wildman–Crippen MR) is 74.1 cm³/mol. The second-order valence-electron chi connectivity index (χ2n) is 4.04. The topological polar surface area (TPSA) is 28.7 Å². The lowest BCUT2D eigenvalue weighted by molar-refractivity contribution is 0.618. The molecule has 0 aliphatic rings. The quantitative estimate of drug-likeness (QED) is 0.704. The Labute approximate surface area is 112 Å². The number of nitrogens with zero attached hydrogens (tertiary/aromatic N) is 1. The number of aromatic amines is 1. The Morgan fingerprint density at radius 1 is 1.17 bits per heavy atom. The second kappa shape index (κ2) is 4.53. The van der Waals surface area contributed by atoms with Gasteiger partial charge in [-0.05, 0) is 23.8 Å². The Bertz CT molecular complexity index is 673. The summed E-state index contributed by atoms with van der Waals surface area (Å²) in [4.78, 5) is 7.63. The first-order valence-corrected chi connectivity index (χ1v) is 6.69. The van der Waals surface area contributed by atoms with E-state index in [9.17, 15) is 4.39 Å². The lowest BCUT2D eigenvalue weighted by atomic mass is 10.1. The summed E-state index contributed by atoms with van der Waals surface area (Å²) in [6, 6.07) is 12.9. The monoisotopic (exact) mass is 304 g/mol. The number of nitrogens with one attached hydrogen (secondary N) is 1. The van der Waals surface area contributed by atoms with Crippen LogP contribution in [0.15, 0.2) is 42.5 Å². The minimum Gasteiger partial charge on any atom is -0.338 e. The Morgan fingerprint density at radius 2 is 2.00 bits per heavy atom. The number of imidazole rings is 1. The van der Waals surface area contributed by atoms with Crippen molar-refractivity contribution in [2.75, 3.05) is 0 Å². The molecule has 2 nitrogen and oxygen atoms in total. The second-order valence-corrected chi connectivity index (χ2v) is 4.60. The maximum atomic E-state index is 13.7. The molecule has 0 radical (unpaired) electrons. The van der Waals surface area contributed by atoms with Gasteiger partial charge in [0.15, 0.2) is 0 Å². The van der Waals surface area contributed by atoms with E-state index in [1.807, 2.05) is 30.3 Å². The van der Waals surface area contributed by atoms with Gasteiger partial charge in [0.25, 0.3) is 0 Å². The zero-order valence-corrected chi connectivity index (χ0v) is 11.0. The Morgan fingerprint density at radius 3 is 2.72 bits per heavy atom. The number of H-pyrrole nitrogens is 1. The highest BCUT2D eigenvalue weighted by Crippen LogP contribution is 2.23. The van der Waals surface area contributed by atoms with Gasteiger partial charge in [0, 0.05) is 10.9 Å². The van der Waals surface area contributed by atoms with Crippen LogP contribution >= 0.6 is 15.9 Å². The first-order valence-electron chi connectivity index (χ1n) is 5.57. The molecule has 0 unspecified atom stereocenters. The molecule has 1 N–H and O–H groups in total. The van der Waals surface area contributed by atoms with Gasteiger partial charge in [0.1, 0.15) is 11.6 Å². The van der Waals surface area contributed by atoms with Crippen molar-refractivity contribution < 1.29 is 4.39 Å². The van der Waals surface area contributed by atoms with Crippen LogP contribution in [0.25, 0.3) is 22.4 Å². The fourth-order valence-corrected chi connectivity index (χ4v) is 2.35. The standard InChI is InChI=1S/C14H10BrFN2/c15-8-10-6-5-9(7-11(10)16)14-17-12-3-1-2-4-13(12)18-14/h1-7H,8H2,(H,17,18). The molecule has 0 bridgehead atoms. The summed E-state index contributed by atoms with van der Waals surface area (Å²) in [5.41, 5.74) is 3.25. The van der Waals surface area contributed by atoms with E-state index in [-0.39, 0.29) is 5.82 Å². The van der Waals surface area contributed by atoms with Gasteiger partial charge in [-0.1, -0.05) is 40.2 Å². The zero-order chi connectivity index (χ0) is 12.5. The average Bonchev–Trinajstić information content (AvgIpc) is 2.82. The van der Waals surface area contributed by atoms with E-state index in [2.05, 4.69) is 25.9 Å². The summed E-state index contributed by atoms with van der Waals surface area (Å²) in [5, 5.41) is 0.513. The fourth-order valence-electron chi connectivity index (χ4n) is 1.89. The van der Waals surface area contributed by atoms with Crippen LogP contribution in [0, 0.1) is 5.82 Å². The molecule has 0 saturated heterocycles. The van der Waals surface area contributed by atoms with Crippen LogP contribution in [0.4, 0.5) is 4.39 Å². The number of fused-ring (bicyclic) bond motifs is 1. The van der Waals surface area contributed by atoms with Crippen LogP contribution in [0.5, 0.6) is 0 Å². The molecule has 0 aliphatic heterocycles. The molecule has 3 aromatic rings. The molecule has 18 heavy (non-hydrogen) atoms. The molecular weight excluding hydrogens is 295 g/mol. The normalized spacial score (nSPS) is 11.0. The van der Waals surface area contributed by atoms with Crippen LogP contribution in [-0.2, 0) is 5.33 Å². The molecule has 4 heteroatoms. The number of benzene rings is 2. The van der Waals surface area contributed by atoms with Crippen LogP contribution in [0.1, 0.15) is 5.56 Å². The maximum Gasteiger partial charge on any atom is 0.138 e. The van der Waals surface area contributed by atoms with Crippen molar-refractivity contribution in [2.45, 2.75) is 5.33 Å². The molecule has 3 rings (SSSR count). The number of rotatable bonds is 2. The minimum absolute atomic E-state index is 0.218. The molecule has 90 valence electrons. The van der Waals surface area contributed by atoms with Gasteiger partial charge >= 0.3 is 0 Å². The third-order valence-corrected chi connectivity index (χ3v) is 3.46. The molecule has 2 aromatic carbocycles. The summed E-state index contributed by atoms with van der Waals surface area (Å²) in [6.45, 7) is 0. The van der Waals surface area contributed by atoms with E-state index in [0.717, 1.165) is 16.6 Å². The minimum atomic E-state index is -0.218. The molecular formula is C14H10BrFN2. The van der Waals surface area contributed by atoms with Gasteiger partial charge in [-0.25, -0.2) is 9.37 Å². The van der Waals surface area contributed by atoms with Crippen molar-refractivity contribution in [1.82, 2.24) is 9.97 Å². The summed E-state index contributed by atoms with van der Waals surface area (Å²) < 4.78 is 13.7. The van der Waals surface area contributed by atoms with Gasteiger partial charge in [-0.3, -0.25) is 0 Å². The number of aromatic nitrogens is 2. The molecule has 0 amide bonds. The molecule has 0 saturated carbocycles. The van der Waals surface area contributed by atoms with E-state index in [0.29, 0.717) is 16.7 Å². The van der Waals surface area contributed by atoms with Crippen LogP contribution < -0.4 is 0 Å². The lowest BCUT2D eigenvalue weighted by Gasteiger charge is -2.01. The average molecular weight is 305 g/mol. The highest BCUT2D eigenvalue weighted by atomic mass is 79.9. The maximum absolute atomic E-state index is 13.7. The van der Waals surface area contributed by atoms with Crippen molar-refractivity contribution in [1.29, 1.82) is 0 Å². The molecule has 0 fully saturated rings. The van der Waals surface area contributed by atoms with E-state index in [4.69, 9.17) is 0 Å². The van der Waals surface area contributed by atoms with Crippen LogP contribution in [0.3, 0.4) is 0 Å². The summed E-state index contributed by atoms with van der Waals surface area (Å²) in [6.07, 6.45) is 0. The third kappa shape index (κ3) is 1.93. The Balaban J connectivity index is 2.11. The molecule has 0 aliphatic carbocycles. The van der Waals surface area contributed by atoms with Crippen LogP contribution in [-0.4, -0.2) is 9.97 Å². The van der Waals surface area contributed by atoms with E-state index < -0.39 is 0 Å². The largest absolute Gasteiger partial charge is 0.338 e. The van der Waals surface area contributed by atoms with Crippen molar-refractivity contribution >= 4 is 27.0 Å². The smallest absolute Gasteiger partial charge is 0.138 e. The highest BCUT2D eigenvalue weighted by molar-refractivity contribution is 9.08. The van der Waals surface area contributed by atoms with Gasteiger partial charge in [-0.2, -0.15) is 0 Å². The SMILES string of the molecule is Fc1cc(-c2nc3ccccc3[nH]2)ccc1CBr. The van der Waals surface area contributed by atoms with Gasteiger partial charge in [-0.15, -0.1) is 0 Å². The summed E-state index contributed by atoms with van der Waals surface area (Å²) >= 11 is 3.25. The molecule has 0 atom stereocenters.